The summed E-state index contributed by atoms with van der Waals surface area (Å²) in [6, 6.07) is 28.4. The van der Waals surface area contributed by atoms with Gasteiger partial charge in [-0.05, 0) is 30.2 Å². The van der Waals surface area contributed by atoms with Crippen molar-refractivity contribution < 1.29 is 9.90 Å². The molecule has 2 N–H and O–H groups in total. The van der Waals surface area contributed by atoms with Crippen LogP contribution in [0.3, 0.4) is 0 Å². The quantitative estimate of drug-likeness (QED) is 0.669. The summed E-state index contributed by atoms with van der Waals surface area (Å²) < 4.78 is 0. The van der Waals surface area contributed by atoms with E-state index in [1.54, 1.807) is 12.1 Å². The van der Waals surface area contributed by atoms with Crippen molar-refractivity contribution in [1.29, 1.82) is 0 Å². The zero-order valence-corrected chi connectivity index (χ0v) is 15.5. The van der Waals surface area contributed by atoms with E-state index in [1.165, 1.54) is 0 Å². The number of hydrogen-bond donors (Lipinski definition) is 2. The zero-order chi connectivity index (χ0) is 19.1. The Morgan fingerprint density at radius 1 is 0.815 bits per heavy atom. The van der Waals surface area contributed by atoms with Crippen LogP contribution < -0.4 is 5.32 Å². The van der Waals surface area contributed by atoms with E-state index in [4.69, 9.17) is 0 Å². The predicted molar refractivity (Wildman–Crippen MR) is 109 cm³/mol. The molecule has 138 valence electrons. The van der Waals surface area contributed by atoms with Crippen LogP contribution in [0.15, 0.2) is 91.0 Å². The van der Waals surface area contributed by atoms with Gasteiger partial charge in [0, 0.05) is 18.4 Å². The molecule has 27 heavy (non-hydrogen) atoms. The number of benzene rings is 3. The highest BCUT2D eigenvalue weighted by atomic mass is 16.3. The maximum atomic E-state index is 12.6. The summed E-state index contributed by atoms with van der Waals surface area (Å²) >= 11 is 0. The lowest BCUT2D eigenvalue weighted by Crippen LogP contribution is -2.53. The van der Waals surface area contributed by atoms with Crippen molar-refractivity contribution in [1.82, 2.24) is 5.32 Å². The third-order valence-corrected chi connectivity index (χ3v) is 4.90. The van der Waals surface area contributed by atoms with Crippen LogP contribution in [0.1, 0.15) is 28.4 Å². The van der Waals surface area contributed by atoms with Crippen molar-refractivity contribution in [3.8, 4) is 0 Å². The van der Waals surface area contributed by atoms with Crippen LogP contribution in [0.5, 0.6) is 0 Å². The fourth-order valence-electron chi connectivity index (χ4n) is 3.27. The summed E-state index contributed by atoms with van der Waals surface area (Å²) in [6.07, 6.45) is 0.915. The number of carbonyl (C=O) groups excluding carboxylic acids is 1. The first-order chi connectivity index (χ1) is 13.1. The van der Waals surface area contributed by atoms with Gasteiger partial charge in [-0.2, -0.15) is 0 Å². The molecule has 0 fully saturated rings. The monoisotopic (exact) mass is 359 g/mol. The maximum absolute atomic E-state index is 12.6. The Balaban J connectivity index is 1.82. The van der Waals surface area contributed by atoms with E-state index in [2.05, 4.69) is 5.32 Å². The molecule has 3 aromatic carbocycles. The number of amides is 1. The number of aliphatic hydroxyl groups is 1. The van der Waals surface area contributed by atoms with Crippen LogP contribution in [-0.2, 0) is 12.8 Å². The topological polar surface area (TPSA) is 49.3 Å². The number of carbonyl (C=O) groups is 1. The van der Waals surface area contributed by atoms with Crippen molar-refractivity contribution in [3.05, 3.63) is 108 Å². The van der Waals surface area contributed by atoms with Crippen molar-refractivity contribution in [2.24, 2.45) is 0 Å². The number of hydrogen-bond acceptors (Lipinski definition) is 2. The van der Waals surface area contributed by atoms with Gasteiger partial charge < -0.3 is 10.4 Å². The molecule has 0 aromatic heterocycles. The molecule has 1 atom stereocenters. The highest BCUT2D eigenvalue weighted by Gasteiger charge is 2.35. The number of nitrogens with one attached hydrogen (secondary N) is 1. The predicted octanol–water partition coefficient (Wildman–Crippen LogP) is 4.02. The zero-order valence-electron chi connectivity index (χ0n) is 15.5. The first kappa shape index (κ1) is 18.9. The number of rotatable bonds is 7. The summed E-state index contributed by atoms with van der Waals surface area (Å²) in [7, 11) is 0. The molecule has 3 nitrogen and oxygen atoms in total. The minimum Gasteiger partial charge on any atom is -0.387 e. The van der Waals surface area contributed by atoms with E-state index in [1.807, 2.05) is 85.8 Å². The van der Waals surface area contributed by atoms with Gasteiger partial charge in [-0.1, -0.05) is 78.9 Å². The third kappa shape index (κ3) is 5.05. The van der Waals surface area contributed by atoms with Crippen LogP contribution in [0, 0.1) is 0 Å². The molecule has 3 aromatic rings. The van der Waals surface area contributed by atoms with Gasteiger partial charge in [-0.25, -0.2) is 0 Å². The SMILES string of the molecule is CC(NC(=O)c1ccccc1)C(O)(Cc1ccccc1)Cc1ccccc1. The molecule has 0 aliphatic carbocycles. The Bertz CT molecular complexity index is 806. The van der Waals surface area contributed by atoms with Crippen molar-refractivity contribution in [2.75, 3.05) is 0 Å². The Morgan fingerprint density at radius 2 is 1.22 bits per heavy atom. The first-order valence-corrected chi connectivity index (χ1v) is 9.23. The van der Waals surface area contributed by atoms with Gasteiger partial charge in [0.05, 0.1) is 11.6 Å². The molecule has 1 amide bonds. The Hall–Kier alpha value is -2.91. The van der Waals surface area contributed by atoms with Gasteiger partial charge in [-0.15, -0.1) is 0 Å². The van der Waals surface area contributed by atoms with Crippen molar-refractivity contribution >= 4 is 5.91 Å². The summed E-state index contributed by atoms with van der Waals surface area (Å²) in [5.41, 5.74) is 1.56. The Kier molecular flexibility index (Phi) is 6.05. The lowest BCUT2D eigenvalue weighted by molar-refractivity contribution is 0.00790. The molecule has 0 aliphatic rings. The van der Waals surface area contributed by atoms with Crippen LogP contribution >= 0.6 is 0 Å². The van der Waals surface area contributed by atoms with Crippen molar-refractivity contribution in [2.45, 2.75) is 31.4 Å². The van der Waals surface area contributed by atoms with E-state index in [-0.39, 0.29) is 5.91 Å². The smallest absolute Gasteiger partial charge is 0.251 e. The second-order valence-corrected chi connectivity index (χ2v) is 6.99. The summed E-state index contributed by atoms with van der Waals surface area (Å²) in [5, 5.41) is 14.6. The highest BCUT2D eigenvalue weighted by molar-refractivity contribution is 5.94. The minimum atomic E-state index is -1.10. The van der Waals surface area contributed by atoms with E-state index in [9.17, 15) is 9.90 Å². The Labute approximate surface area is 160 Å². The molecule has 0 heterocycles. The molecule has 0 spiro atoms. The van der Waals surface area contributed by atoms with Gasteiger partial charge >= 0.3 is 0 Å². The van der Waals surface area contributed by atoms with E-state index in [0.29, 0.717) is 18.4 Å². The molecule has 0 bridgehead atoms. The van der Waals surface area contributed by atoms with Gasteiger partial charge in [0.15, 0.2) is 0 Å². The fourth-order valence-corrected chi connectivity index (χ4v) is 3.27. The first-order valence-electron chi connectivity index (χ1n) is 9.23. The molecule has 3 rings (SSSR count). The van der Waals surface area contributed by atoms with Crippen LogP contribution in [0.25, 0.3) is 0 Å². The normalized spacial score (nSPS) is 12.4. The van der Waals surface area contributed by atoms with E-state index >= 15 is 0 Å². The second-order valence-electron chi connectivity index (χ2n) is 6.99. The molecule has 0 saturated carbocycles. The average molecular weight is 359 g/mol. The summed E-state index contributed by atoms with van der Waals surface area (Å²) in [4.78, 5) is 12.6. The molecule has 3 heteroatoms. The summed E-state index contributed by atoms with van der Waals surface area (Å²) in [6.45, 7) is 1.87. The lowest BCUT2D eigenvalue weighted by Gasteiger charge is -2.35. The second kappa shape index (κ2) is 8.65. The van der Waals surface area contributed by atoms with E-state index in [0.717, 1.165) is 11.1 Å². The molecular formula is C24H25NO2. The van der Waals surface area contributed by atoms with Crippen LogP contribution in [0.2, 0.25) is 0 Å². The van der Waals surface area contributed by atoms with Gasteiger partial charge in [-0.3, -0.25) is 4.79 Å². The standard InChI is InChI=1S/C24H25NO2/c1-19(25-23(26)22-15-9-4-10-16-22)24(27,17-20-11-5-2-6-12-20)18-21-13-7-3-8-14-21/h2-16,19,27H,17-18H2,1H3,(H,25,26). The van der Waals surface area contributed by atoms with E-state index < -0.39 is 11.6 Å². The summed E-state index contributed by atoms with van der Waals surface area (Å²) in [5.74, 6) is -0.178. The van der Waals surface area contributed by atoms with Crippen molar-refractivity contribution in [3.63, 3.8) is 0 Å². The average Bonchev–Trinajstić information content (AvgIpc) is 2.70. The minimum absolute atomic E-state index is 0.178. The highest BCUT2D eigenvalue weighted by Crippen LogP contribution is 2.23. The van der Waals surface area contributed by atoms with Crippen LogP contribution in [0.4, 0.5) is 0 Å². The van der Waals surface area contributed by atoms with Gasteiger partial charge in [0.25, 0.3) is 5.91 Å². The molecular weight excluding hydrogens is 334 g/mol. The largest absolute Gasteiger partial charge is 0.387 e. The van der Waals surface area contributed by atoms with Gasteiger partial charge in [0.1, 0.15) is 0 Å². The maximum Gasteiger partial charge on any atom is 0.251 e. The molecule has 0 saturated heterocycles. The Morgan fingerprint density at radius 3 is 1.67 bits per heavy atom. The van der Waals surface area contributed by atoms with Crippen LogP contribution in [-0.4, -0.2) is 22.7 Å². The van der Waals surface area contributed by atoms with Gasteiger partial charge in [0.2, 0.25) is 0 Å². The molecule has 0 aliphatic heterocycles. The molecule has 0 radical (unpaired) electrons. The fraction of sp³-hybridized carbons (Fsp3) is 0.208. The third-order valence-electron chi connectivity index (χ3n) is 4.90. The lowest BCUT2D eigenvalue weighted by atomic mass is 9.82. The molecule has 1 unspecified atom stereocenters.